The number of ether oxygens (including phenoxy) is 1. The normalized spacial score (nSPS) is 20.0. The monoisotopic (exact) mass is 244 g/mol. The summed E-state index contributed by atoms with van der Waals surface area (Å²) in [7, 11) is 1.68. The fraction of sp³-hybridized carbons (Fsp3) is 0.917. The third-order valence-electron chi connectivity index (χ3n) is 3.66. The van der Waals surface area contributed by atoms with Gasteiger partial charge in [-0.3, -0.25) is 9.69 Å². The Kier molecular flexibility index (Phi) is 5.36. The molecule has 0 aromatic carbocycles. The van der Waals surface area contributed by atoms with Gasteiger partial charge in [-0.1, -0.05) is 6.92 Å². The van der Waals surface area contributed by atoms with Crippen LogP contribution < -0.4 is 5.32 Å². The molecular weight excluding hydrogens is 220 g/mol. The average Bonchev–Trinajstić information content (AvgIpc) is 2.24. The number of aliphatic carboxylic acids is 1. The van der Waals surface area contributed by atoms with Gasteiger partial charge in [0.05, 0.1) is 18.6 Å². The Morgan fingerprint density at radius 1 is 1.59 bits per heavy atom. The molecule has 17 heavy (non-hydrogen) atoms. The van der Waals surface area contributed by atoms with Crippen molar-refractivity contribution < 1.29 is 14.6 Å². The van der Waals surface area contributed by atoms with Crippen LogP contribution in [0.3, 0.4) is 0 Å². The maximum absolute atomic E-state index is 11.0. The topological polar surface area (TPSA) is 61.8 Å². The Bertz CT molecular complexity index is 254. The number of hydrogen-bond acceptors (Lipinski definition) is 4. The number of carboxylic acid groups (broad SMARTS) is 1. The van der Waals surface area contributed by atoms with Crippen LogP contribution in [0.1, 0.15) is 26.7 Å². The number of nitrogens with zero attached hydrogens (tertiary/aromatic N) is 1. The average molecular weight is 244 g/mol. The minimum Gasteiger partial charge on any atom is -0.481 e. The number of methoxy groups -OCH3 is 1. The van der Waals surface area contributed by atoms with Crippen molar-refractivity contribution in [2.75, 3.05) is 33.4 Å². The molecule has 1 aliphatic heterocycles. The molecule has 1 unspecified atom stereocenters. The highest BCUT2D eigenvalue weighted by molar-refractivity contribution is 5.68. The third kappa shape index (κ3) is 3.40. The van der Waals surface area contributed by atoms with E-state index in [0.717, 1.165) is 26.1 Å². The van der Waals surface area contributed by atoms with Crippen LogP contribution in [0.25, 0.3) is 0 Å². The van der Waals surface area contributed by atoms with Crippen LogP contribution in [0.2, 0.25) is 0 Å². The van der Waals surface area contributed by atoms with Crippen molar-refractivity contribution in [3.05, 3.63) is 0 Å². The molecular formula is C12H24N2O3. The van der Waals surface area contributed by atoms with E-state index in [-0.39, 0.29) is 12.0 Å². The molecule has 0 radical (unpaired) electrons. The fourth-order valence-electron chi connectivity index (χ4n) is 2.46. The van der Waals surface area contributed by atoms with Gasteiger partial charge in [0, 0.05) is 32.8 Å². The van der Waals surface area contributed by atoms with Gasteiger partial charge in [0.25, 0.3) is 0 Å². The second-order valence-corrected chi connectivity index (χ2v) is 4.84. The second kappa shape index (κ2) is 6.33. The van der Waals surface area contributed by atoms with Gasteiger partial charge in [-0.15, -0.1) is 0 Å². The Balaban J connectivity index is 2.73. The van der Waals surface area contributed by atoms with Crippen molar-refractivity contribution in [3.8, 4) is 0 Å². The molecule has 0 aliphatic carbocycles. The lowest BCUT2D eigenvalue weighted by atomic mass is 9.85. The molecule has 0 bridgehead atoms. The first-order valence-electron chi connectivity index (χ1n) is 6.24. The van der Waals surface area contributed by atoms with Gasteiger partial charge >= 0.3 is 5.97 Å². The lowest BCUT2D eigenvalue weighted by Gasteiger charge is -2.52. The molecule has 0 spiro atoms. The number of carbonyl (C=O) groups is 1. The summed E-state index contributed by atoms with van der Waals surface area (Å²) in [5, 5.41) is 12.3. The van der Waals surface area contributed by atoms with Crippen LogP contribution in [0.4, 0.5) is 0 Å². The standard InChI is InChI=1S/C12H24N2O3/c1-4-10(2)14(5-6-17-3)12(7-11(15)16)8-13-9-12/h10,13H,4-9H2,1-3H3,(H,15,16). The zero-order valence-corrected chi connectivity index (χ0v) is 11.0. The van der Waals surface area contributed by atoms with Crippen molar-refractivity contribution in [2.45, 2.75) is 38.3 Å². The van der Waals surface area contributed by atoms with E-state index >= 15 is 0 Å². The van der Waals surface area contributed by atoms with E-state index in [1.54, 1.807) is 7.11 Å². The third-order valence-corrected chi connectivity index (χ3v) is 3.66. The molecule has 1 fully saturated rings. The molecule has 0 aromatic rings. The Morgan fingerprint density at radius 2 is 2.24 bits per heavy atom. The first-order chi connectivity index (χ1) is 8.05. The first-order valence-corrected chi connectivity index (χ1v) is 6.24. The Hall–Kier alpha value is -0.650. The maximum Gasteiger partial charge on any atom is 0.305 e. The zero-order chi connectivity index (χ0) is 12.9. The van der Waals surface area contributed by atoms with E-state index < -0.39 is 5.97 Å². The second-order valence-electron chi connectivity index (χ2n) is 4.84. The van der Waals surface area contributed by atoms with Crippen LogP contribution in [0, 0.1) is 0 Å². The quantitative estimate of drug-likeness (QED) is 0.653. The summed E-state index contributed by atoms with van der Waals surface area (Å²) < 4.78 is 5.13. The number of rotatable bonds is 8. The summed E-state index contributed by atoms with van der Waals surface area (Å²) in [6.07, 6.45) is 1.22. The molecule has 0 amide bonds. The molecule has 1 atom stereocenters. The molecule has 1 saturated heterocycles. The van der Waals surface area contributed by atoms with Crippen molar-refractivity contribution in [1.82, 2.24) is 10.2 Å². The maximum atomic E-state index is 11.0. The molecule has 100 valence electrons. The van der Waals surface area contributed by atoms with Gasteiger partial charge in [0.2, 0.25) is 0 Å². The smallest absolute Gasteiger partial charge is 0.305 e. The van der Waals surface area contributed by atoms with E-state index in [4.69, 9.17) is 9.84 Å². The van der Waals surface area contributed by atoms with Crippen molar-refractivity contribution in [3.63, 3.8) is 0 Å². The first kappa shape index (κ1) is 14.4. The van der Waals surface area contributed by atoms with Gasteiger partial charge in [-0.05, 0) is 13.3 Å². The number of nitrogens with one attached hydrogen (secondary N) is 1. The summed E-state index contributed by atoms with van der Waals surface area (Å²) in [6, 6.07) is 0.381. The Labute approximate surface area is 103 Å². The molecule has 1 heterocycles. The van der Waals surface area contributed by atoms with Gasteiger partial charge < -0.3 is 15.2 Å². The largest absolute Gasteiger partial charge is 0.481 e. The number of hydrogen-bond donors (Lipinski definition) is 2. The number of carboxylic acids is 1. The van der Waals surface area contributed by atoms with Gasteiger partial charge in [-0.25, -0.2) is 0 Å². The van der Waals surface area contributed by atoms with Crippen LogP contribution >= 0.6 is 0 Å². The van der Waals surface area contributed by atoms with Crippen LogP contribution in [0.15, 0.2) is 0 Å². The molecule has 5 nitrogen and oxygen atoms in total. The van der Waals surface area contributed by atoms with Gasteiger partial charge in [0.15, 0.2) is 0 Å². The van der Waals surface area contributed by atoms with Crippen molar-refractivity contribution in [2.24, 2.45) is 0 Å². The van der Waals surface area contributed by atoms with Crippen LogP contribution in [-0.2, 0) is 9.53 Å². The molecule has 1 aliphatic rings. The summed E-state index contributed by atoms with van der Waals surface area (Å²) in [5.41, 5.74) is -0.222. The molecule has 2 N–H and O–H groups in total. The fourth-order valence-corrected chi connectivity index (χ4v) is 2.46. The van der Waals surface area contributed by atoms with E-state index in [2.05, 4.69) is 24.1 Å². The van der Waals surface area contributed by atoms with Crippen molar-refractivity contribution >= 4 is 5.97 Å². The predicted octanol–water partition coefficient (Wildman–Crippen LogP) is 0.550. The van der Waals surface area contributed by atoms with E-state index in [0.29, 0.717) is 12.6 Å². The molecule has 5 heteroatoms. The lowest BCUT2D eigenvalue weighted by Crippen LogP contribution is -2.71. The van der Waals surface area contributed by atoms with Crippen LogP contribution in [0.5, 0.6) is 0 Å². The highest BCUT2D eigenvalue weighted by atomic mass is 16.5. The zero-order valence-electron chi connectivity index (χ0n) is 11.0. The molecule has 0 aromatic heterocycles. The van der Waals surface area contributed by atoms with Gasteiger partial charge in [-0.2, -0.15) is 0 Å². The minimum atomic E-state index is -0.725. The summed E-state index contributed by atoms with van der Waals surface area (Å²) in [5.74, 6) is -0.725. The summed E-state index contributed by atoms with van der Waals surface area (Å²) in [6.45, 7) is 7.23. The molecule has 0 saturated carbocycles. The summed E-state index contributed by atoms with van der Waals surface area (Å²) >= 11 is 0. The minimum absolute atomic E-state index is 0.202. The predicted molar refractivity (Wildman–Crippen MR) is 66.2 cm³/mol. The van der Waals surface area contributed by atoms with E-state index in [1.165, 1.54) is 0 Å². The lowest BCUT2D eigenvalue weighted by molar-refractivity contribution is -0.143. The van der Waals surface area contributed by atoms with Crippen molar-refractivity contribution in [1.29, 1.82) is 0 Å². The van der Waals surface area contributed by atoms with E-state index in [9.17, 15) is 4.79 Å². The SMILES string of the molecule is CCC(C)N(CCOC)C1(CC(=O)O)CNC1. The van der Waals surface area contributed by atoms with Gasteiger partial charge in [0.1, 0.15) is 0 Å². The highest BCUT2D eigenvalue weighted by Crippen LogP contribution is 2.27. The Morgan fingerprint density at radius 3 is 2.59 bits per heavy atom. The van der Waals surface area contributed by atoms with E-state index in [1.807, 2.05) is 0 Å². The summed E-state index contributed by atoms with van der Waals surface area (Å²) in [4.78, 5) is 13.3. The highest BCUT2D eigenvalue weighted by Gasteiger charge is 2.45. The molecule has 1 rings (SSSR count). The van der Waals surface area contributed by atoms with Crippen LogP contribution in [-0.4, -0.2) is 60.9 Å².